The summed E-state index contributed by atoms with van der Waals surface area (Å²) in [5.74, 6) is -0.718. The van der Waals surface area contributed by atoms with Crippen LogP contribution in [0.25, 0.3) is 21.3 Å². The molecule has 0 fully saturated rings. The van der Waals surface area contributed by atoms with E-state index in [1.165, 1.54) is 27.9 Å². The second-order valence-corrected chi connectivity index (χ2v) is 14.0. The first-order valence-electron chi connectivity index (χ1n) is 14.2. The Labute approximate surface area is 263 Å². The van der Waals surface area contributed by atoms with Gasteiger partial charge in [-0.1, -0.05) is 29.8 Å². The van der Waals surface area contributed by atoms with E-state index in [0.717, 1.165) is 32.3 Å². The van der Waals surface area contributed by atoms with Gasteiger partial charge in [-0.2, -0.15) is 4.31 Å². The van der Waals surface area contributed by atoms with E-state index in [0.29, 0.717) is 17.6 Å². The molecule has 0 radical (unpaired) electrons. The highest BCUT2D eigenvalue weighted by Crippen LogP contribution is 2.39. The molecular weight excluding hydrogens is 624 g/mol. The Kier molecular flexibility index (Phi) is 8.31. The van der Waals surface area contributed by atoms with Gasteiger partial charge >= 0.3 is 5.97 Å². The van der Waals surface area contributed by atoms with Crippen LogP contribution in [-0.2, 0) is 33.1 Å². The molecule has 44 heavy (non-hydrogen) atoms. The Bertz CT molecular complexity index is 1990. The van der Waals surface area contributed by atoms with Gasteiger partial charge in [0.2, 0.25) is 15.9 Å². The molecule has 11 nitrogen and oxygen atoms in total. The fourth-order valence-electron chi connectivity index (χ4n) is 5.64. The van der Waals surface area contributed by atoms with Crippen LogP contribution < -0.4 is 4.74 Å². The van der Waals surface area contributed by atoms with Crippen LogP contribution in [0.1, 0.15) is 54.9 Å². The molecule has 0 N–H and O–H groups in total. The Morgan fingerprint density at radius 2 is 2.05 bits per heavy atom. The maximum absolute atomic E-state index is 14.0. The second kappa shape index (κ2) is 12.0. The molecule has 0 bridgehead atoms. The molecule has 0 saturated carbocycles. The minimum atomic E-state index is -4.01. The standard InChI is InChI=1S/C30H31ClN6O5S2/c1-5-22-16-37(44(39,40)25-11-21(31)13-33-30(25)42-22)15-20-10-19(9-18-7-8-43-28(18)20)23(12-26(38)41-6-2)24-14-32-29-27(17(24)3)34-35-36(29)4/h7-11,13-14,22-23H,5-6,12,15-16H2,1-4H3/t22-,23?/m1/s1. The Hall–Kier alpha value is -3.65. The van der Waals surface area contributed by atoms with Gasteiger partial charge in [-0.05, 0) is 71.5 Å². The van der Waals surface area contributed by atoms with Gasteiger partial charge < -0.3 is 9.47 Å². The number of hydrogen-bond acceptors (Lipinski definition) is 10. The van der Waals surface area contributed by atoms with Crippen molar-refractivity contribution in [3.8, 4) is 5.88 Å². The summed E-state index contributed by atoms with van der Waals surface area (Å²) in [6.07, 6.45) is 3.41. The van der Waals surface area contributed by atoms with E-state index >= 15 is 0 Å². The number of carbonyl (C=O) groups excluding carboxylic acids is 1. The number of halogens is 1. The first kappa shape index (κ1) is 30.4. The molecule has 1 aliphatic rings. The highest BCUT2D eigenvalue weighted by Gasteiger charge is 2.36. The van der Waals surface area contributed by atoms with E-state index in [-0.39, 0.29) is 47.9 Å². The van der Waals surface area contributed by atoms with Gasteiger partial charge in [0.25, 0.3) is 0 Å². The highest BCUT2D eigenvalue weighted by molar-refractivity contribution is 7.89. The lowest BCUT2D eigenvalue weighted by Crippen LogP contribution is -2.36. The summed E-state index contributed by atoms with van der Waals surface area (Å²) in [6, 6.07) is 7.42. The van der Waals surface area contributed by atoms with Crippen molar-refractivity contribution in [2.45, 2.75) is 57.1 Å². The van der Waals surface area contributed by atoms with Crippen LogP contribution in [0.15, 0.2) is 46.9 Å². The highest BCUT2D eigenvalue weighted by atomic mass is 35.5. The molecule has 5 aromatic rings. The summed E-state index contributed by atoms with van der Waals surface area (Å²) in [5.41, 5.74) is 4.63. The van der Waals surface area contributed by atoms with Gasteiger partial charge in [-0.15, -0.1) is 16.4 Å². The third kappa shape index (κ3) is 5.53. The molecule has 14 heteroatoms. The first-order chi connectivity index (χ1) is 21.1. The van der Waals surface area contributed by atoms with E-state index in [1.54, 1.807) is 24.9 Å². The number of ether oxygens (including phenoxy) is 2. The number of sulfonamides is 1. The number of aryl methyl sites for hydroxylation is 2. The topological polar surface area (TPSA) is 129 Å². The average Bonchev–Trinajstić information content (AvgIpc) is 3.61. The summed E-state index contributed by atoms with van der Waals surface area (Å²) in [7, 11) is -2.23. The molecule has 5 heterocycles. The van der Waals surface area contributed by atoms with E-state index in [2.05, 4.69) is 20.3 Å². The number of pyridine rings is 2. The largest absolute Gasteiger partial charge is 0.472 e. The quantitative estimate of drug-likeness (QED) is 0.202. The van der Waals surface area contributed by atoms with Crippen molar-refractivity contribution in [3.05, 3.63) is 69.3 Å². The maximum atomic E-state index is 14.0. The second-order valence-electron chi connectivity index (χ2n) is 10.7. The Morgan fingerprint density at radius 1 is 1.23 bits per heavy atom. The molecule has 0 spiro atoms. The number of hydrogen-bond donors (Lipinski definition) is 0. The van der Waals surface area contributed by atoms with Crippen molar-refractivity contribution >= 4 is 60.2 Å². The number of benzene rings is 1. The van der Waals surface area contributed by atoms with Gasteiger partial charge in [0.05, 0.1) is 24.6 Å². The van der Waals surface area contributed by atoms with Crippen LogP contribution >= 0.6 is 22.9 Å². The van der Waals surface area contributed by atoms with Gasteiger partial charge in [0.1, 0.15) is 16.5 Å². The third-order valence-electron chi connectivity index (χ3n) is 7.91. The number of nitrogens with zero attached hydrogens (tertiary/aromatic N) is 6. The van der Waals surface area contributed by atoms with Gasteiger partial charge in [-0.3, -0.25) is 4.79 Å². The van der Waals surface area contributed by atoms with Crippen molar-refractivity contribution in [2.75, 3.05) is 13.2 Å². The molecular formula is C30H31ClN6O5S2. The summed E-state index contributed by atoms with van der Waals surface area (Å²) < 4.78 is 43.4. The number of aromatic nitrogens is 5. The molecule has 1 aliphatic heterocycles. The Morgan fingerprint density at radius 3 is 2.82 bits per heavy atom. The lowest BCUT2D eigenvalue weighted by molar-refractivity contribution is -0.143. The van der Waals surface area contributed by atoms with Gasteiger partial charge in [0, 0.05) is 36.6 Å². The molecule has 1 unspecified atom stereocenters. The normalized spacial score (nSPS) is 17.2. The smallest absolute Gasteiger partial charge is 0.306 e. The van der Waals surface area contributed by atoms with Crippen molar-refractivity contribution in [2.24, 2.45) is 7.05 Å². The summed E-state index contributed by atoms with van der Waals surface area (Å²) in [6.45, 7) is 6.15. The lowest BCUT2D eigenvalue weighted by Gasteiger charge is -2.24. The predicted molar refractivity (Wildman–Crippen MR) is 168 cm³/mol. The molecule has 4 aromatic heterocycles. The number of thiophene rings is 1. The van der Waals surface area contributed by atoms with Gasteiger partial charge in [-0.25, -0.2) is 23.1 Å². The van der Waals surface area contributed by atoms with Crippen LogP contribution in [0.2, 0.25) is 5.02 Å². The molecule has 1 aromatic carbocycles. The van der Waals surface area contributed by atoms with Crippen LogP contribution in [-0.4, -0.2) is 62.9 Å². The van der Waals surface area contributed by atoms with E-state index in [9.17, 15) is 13.2 Å². The third-order valence-corrected chi connectivity index (χ3v) is 10.9. The SMILES string of the molecule is CCOC(=O)CC(c1cc(CN2C[C@@H](CC)Oc3ncc(Cl)cc3S2(=O)=O)c2sccc2c1)c1cnc2c(nnn2C)c1C. The lowest BCUT2D eigenvalue weighted by atomic mass is 9.85. The van der Waals surface area contributed by atoms with E-state index in [1.807, 2.05) is 37.4 Å². The first-order valence-corrected chi connectivity index (χ1v) is 16.9. The fourth-order valence-corrected chi connectivity index (χ4v) is 8.30. The zero-order valence-electron chi connectivity index (χ0n) is 24.7. The molecule has 6 rings (SSSR count). The van der Waals surface area contributed by atoms with Crippen molar-refractivity contribution in [1.29, 1.82) is 0 Å². The van der Waals surface area contributed by atoms with E-state index in [4.69, 9.17) is 21.1 Å². The molecule has 0 aliphatic carbocycles. The minimum Gasteiger partial charge on any atom is -0.472 e. The zero-order valence-corrected chi connectivity index (χ0v) is 27.0. The van der Waals surface area contributed by atoms with Crippen LogP contribution in [0, 0.1) is 6.92 Å². The number of rotatable bonds is 8. The van der Waals surface area contributed by atoms with Gasteiger partial charge in [0.15, 0.2) is 5.65 Å². The number of carbonyl (C=O) groups is 1. The molecule has 0 amide bonds. The summed E-state index contributed by atoms with van der Waals surface area (Å²) >= 11 is 7.71. The summed E-state index contributed by atoms with van der Waals surface area (Å²) in [5, 5.41) is 11.6. The van der Waals surface area contributed by atoms with Crippen molar-refractivity contribution in [3.63, 3.8) is 0 Å². The zero-order chi connectivity index (χ0) is 31.2. The maximum Gasteiger partial charge on any atom is 0.306 e. The van der Waals surface area contributed by atoms with Crippen LogP contribution in [0.4, 0.5) is 0 Å². The Balaban J connectivity index is 1.47. The van der Waals surface area contributed by atoms with Crippen LogP contribution in [0.5, 0.6) is 5.88 Å². The van der Waals surface area contributed by atoms with E-state index < -0.39 is 22.0 Å². The minimum absolute atomic E-state index is 0.0515. The average molecular weight is 655 g/mol. The number of esters is 1. The monoisotopic (exact) mass is 654 g/mol. The molecule has 0 saturated heterocycles. The molecule has 230 valence electrons. The van der Waals surface area contributed by atoms with Crippen molar-refractivity contribution < 1.29 is 22.7 Å². The molecule has 2 atom stereocenters. The van der Waals surface area contributed by atoms with Crippen molar-refractivity contribution in [1.82, 2.24) is 29.3 Å². The number of fused-ring (bicyclic) bond motifs is 3. The fraction of sp³-hybridized carbons (Fsp3) is 0.367. The van der Waals surface area contributed by atoms with Crippen LogP contribution in [0.3, 0.4) is 0 Å². The predicted octanol–water partition coefficient (Wildman–Crippen LogP) is 5.38. The summed E-state index contributed by atoms with van der Waals surface area (Å²) in [4.78, 5) is 21.7.